The van der Waals surface area contributed by atoms with Crippen LogP contribution in [-0.4, -0.2) is 37.2 Å². The zero-order valence-electron chi connectivity index (χ0n) is 14.0. The van der Waals surface area contributed by atoms with Crippen molar-refractivity contribution in [1.82, 2.24) is 9.97 Å². The molecule has 7 nitrogen and oxygen atoms in total. The van der Waals surface area contributed by atoms with E-state index in [1.165, 1.54) is 36.9 Å². The molecule has 2 heterocycles. The number of amides is 1. The minimum atomic E-state index is -3.44. The first-order valence-corrected chi connectivity index (χ1v) is 10.4. The molecule has 0 aliphatic heterocycles. The average Bonchev–Trinajstić information content (AvgIpc) is 3.11. The van der Waals surface area contributed by atoms with Gasteiger partial charge in [-0.3, -0.25) is 4.79 Å². The molecular weight excluding hydrogens is 374 g/mol. The number of ether oxygens (including phenoxy) is 1. The van der Waals surface area contributed by atoms with Crippen LogP contribution in [0.1, 0.15) is 12.8 Å². The summed E-state index contributed by atoms with van der Waals surface area (Å²) >= 11 is 1.46. The second-order valence-corrected chi connectivity index (χ2v) is 8.51. The van der Waals surface area contributed by atoms with Gasteiger partial charge in [-0.2, -0.15) is 0 Å². The fourth-order valence-corrected chi connectivity index (χ4v) is 4.45. The lowest BCUT2D eigenvalue weighted by molar-refractivity contribution is -0.116. The summed E-state index contributed by atoms with van der Waals surface area (Å²) in [5, 5.41) is 5.36. The first-order chi connectivity index (χ1) is 12.5. The average molecular weight is 391 g/mol. The lowest BCUT2D eigenvalue weighted by Crippen LogP contribution is -2.15. The van der Waals surface area contributed by atoms with Gasteiger partial charge in [0.05, 0.1) is 23.1 Å². The Hall–Kier alpha value is -2.52. The number of nitrogens with one attached hydrogen (secondary N) is 1. The standard InChI is InChI=1S/C17H17N3O4S2/c1-24-12-4-6-13(7-5-12)26(22,23)10-2-3-15(21)20-16-14-8-9-25-17(14)19-11-18-16/h4-9,11H,2-3,10H2,1H3,(H,18,19,20,21). The SMILES string of the molecule is COc1ccc(S(=O)(=O)CCCC(=O)Nc2ncnc3sccc23)cc1. The van der Waals surface area contributed by atoms with Crippen molar-refractivity contribution >= 4 is 43.1 Å². The molecule has 3 rings (SSSR count). The number of fused-ring (bicyclic) bond motifs is 1. The number of aromatic nitrogens is 2. The van der Waals surface area contributed by atoms with E-state index in [0.717, 1.165) is 10.2 Å². The maximum Gasteiger partial charge on any atom is 0.225 e. The minimum Gasteiger partial charge on any atom is -0.497 e. The molecule has 0 saturated carbocycles. The van der Waals surface area contributed by atoms with Crippen LogP contribution in [0.25, 0.3) is 10.2 Å². The van der Waals surface area contributed by atoms with Gasteiger partial charge in [-0.25, -0.2) is 18.4 Å². The van der Waals surface area contributed by atoms with Crippen LogP contribution >= 0.6 is 11.3 Å². The lowest BCUT2D eigenvalue weighted by Gasteiger charge is -2.07. The van der Waals surface area contributed by atoms with E-state index in [-0.39, 0.29) is 29.4 Å². The van der Waals surface area contributed by atoms with Crippen LogP contribution < -0.4 is 10.1 Å². The molecule has 26 heavy (non-hydrogen) atoms. The maximum absolute atomic E-state index is 12.3. The zero-order valence-corrected chi connectivity index (χ0v) is 15.6. The molecule has 3 aromatic rings. The van der Waals surface area contributed by atoms with Gasteiger partial charge in [0.2, 0.25) is 5.91 Å². The summed E-state index contributed by atoms with van der Waals surface area (Å²) in [5.74, 6) is 0.651. The number of anilines is 1. The van der Waals surface area contributed by atoms with E-state index in [1.807, 2.05) is 11.4 Å². The van der Waals surface area contributed by atoms with Gasteiger partial charge >= 0.3 is 0 Å². The van der Waals surface area contributed by atoms with E-state index < -0.39 is 9.84 Å². The molecule has 9 heteroatoms. The predicted octanol–water partition coefficient (Wildman–Crippen LogP) is 2.89. The number of benzene rings is 1. The lowest BCUT2D eigenvalue weighted by atomic mass is 10.3. The van der Waals surface area contributed by atoms with Gasteiger partial charge in [-0.15, -0.1) is 11.3 Å². The van der Waals surface area contributed by atoms with Gasteiger partial charge < -0.3 is 10.1 Å². The van der Waals surface area contributed by atoms with E-state index in [0.29, 0.717) is 11.6 Å². The Balaban J connectivity index is 1.56. The topological polar surface area (TPSA) is 98.2 Å². The second kappa shape index (κ2) is 7.79. The van der Waals surface area contributed by atoms with Crippen LogP contribution in [0.15, 0.2) is 46.9 Å². The summed E-state index contributed by atoms with van der Waals surface area (Å²) in [6.07, 6.45) is 1.70. The fourth-order valence-electron chi connectivity index (χ4n) is 2.41. The van der Waals surface area contributed by atoms with Crippen LogP contribution in [0.2, 0.25) is 0 Å². The Morgan fingerprint density at radius 3 is 2.69 bits per heavy atom. The number of sulfone groups is 1. The molecule has 0 aliphatic carbocycles. The Morgan fingerprint density at radius 2 is 1.96 bits per heavy atom. The fraction of sp³-hybridized carbons (Fsp3) is 0.235. The molecular formula is C17H17N3O4S2. The second-order valence-electron chi connectivity index (χ2n) is 5.51. The highest BCUT2D eigenvalue weighted by atomic mass is 32.2. The molecule has 1 aromatic carbocycles. The number of nitrogens with zero attached hydrogens (tertiary/aromatic N) is 2. The van der Waals surface area contributed by atoms with Crippen molar-refractivity contribution in [3.8, 4) is 5.75 Å². The molecule has 1 N–H and O–H groups in total. The number of thiophene rings is 1. The van der Waals surface area contributed by atoms with Crippen LogP contribution in [0, 0.1) is 0 Å². The summed E-state index contributed by atoms with van der Waals surface area (Å²) < 4.78 is 29.7. The monoisotopic (exact) mass is 391 g/mol. The Morgan fingerprint density at radius 1 is 1.19 bits per heavy atom. The van der Waals surface area contributed by atoms with E-state index in [1.54, 1.807) is 12.1 Å². The number of hydrogen-bond acceptors (Lipinski definition) is 7. The first-order valence-electron chi connectivity index (χ1n) is 7.84. The van der Waals surface area contributed by atoms with Crippen molar-refractivity contribution in [2.24, 2.45) is 0 Å². The maximum atomic E-state index is 12.3. The van der Waals surface area contributed by atoms with Crippen LogP contribution in [0.4, 0.5) is 5.82 Å². The van der Waals surface area contributed by atoms with E-state index >= 15 is 0 Å². The van der Waals surface area contributed by atoms with Gasteiger partial charge in [0.1, 0.15) is 22.7 Å². The summed E-state index contributed by atoms with van der Waals surface area (Å²) in [4.78, 5) is 21.3. The van der Waals surface area contributed by atoms with Crippen molar-refractivity contribution in [2.45, 2.75) is 17.7 Å². The van der Waals surface area contributed by atoms with Crippen LogP contribution in [0.3, 0.4) is 0 Å². The van der Waals surface area contributed by atoms with Gasteiger partial charge in [0.15, 0.2) is 9.84 Å². The molecule has 0 spiro atoms. The van der Waals surface area contributed by atoms with Gasteiger partial charge in [-0.05, 0) is 42.1 Å². The minimum absolute atomic E-state index is 0.0883. The quantitative estimate of drug-likeness (QED) is 0.665. The third kappa shape index (κ3) is 4.17. The highest BCUT2D eigenvalue weighted by Gasteiger charge is 2.16. The summed E-state index contributed by atoms with van der Waals surface area (Å²) in [6, 6.07) is 8.04. The molecule has 2 aromatic heterocycles. The normalized spacial score (nSPS) is 11.4. The van der Waals surface area contributed by atoms with Gasteiger partial charge in [-0.1, -0.05) is 0 Å². The summed E-state index contributed by atoms with van der Waals surface area (Å²) in [6.45, 7) is 0. The number of rotatable bonds is 7. The Kier molecular flexibility index (Phi) is 5.48. The van der Waals surface area contributed by atoms with Crippen molar-refractivity contribution in [2.75, 3.05) is 18.2 Å². The van der Waals surface area contributed by atoms with Crippen molar-refractivity contribution in [3.05, 3.63) is 42.0 Å². The number of hydrogen-bond donors (Lipinski definition) is 1. The zero-order chi connectivity index (χ0) is 18.6. The van der Waals surface area contributed by atoms with E-state index in [4.69, 9.17) is 4.74 Å². The molecule has 0 radical (unpaired) electrons. The van der Waals surface area contributed by atoms with Crippen LogP contribution in [0.5, 0.6) is 5.75 Å². The molecule has 136 valence electrons. The molecule has 1 amide bonds. The number of carbonyl (C=O) groups excluding carboxylic acids is 1. The summed E-state index contributed by atoms with van der Waals surface area (Å²) in [5.41, 5.74) is 0. The molecule has 0 atom stereocenters. The van der Waals surface area contributed by atoms with Gasteiger partial charge in [0.25, 0.3) is 0 Å². The van der Waals surface area contributed by atoms with E-state index in [2.05, 4.69) is 15.3 Å². The van der Waals surface area contributed by atoms with E-state index in [9.17, 15) is 13.2 Å². The molecule has 0 aliphatic rings. The molecule has 0 fully saturated rings. The smallest absolute Gasteiger partial charge is 0.225 e. The first kappa shape index (κ1) is 18.3. The molecule has 0 saturated heterocycles. The van der Waals surface area contributed by atoms with Crippen molar-refractivity contribution in [3.63, 3.8) is 0 Å². The Labute approximate surface area is 155 Å². The van der Waals surface area contributed by atoms with Gasteiger partial charge in [0, 0.05) is 6.42 Å². The molecule has 0 bridgehead atoms. The third-order valence-corrected chi connectivity index (χ3v) is 6.39. The highest BCUT2D eigenvalue weighted by Crippen LogP contribution is 2.24. The summed E-state index contributed by atoms with van der Waals surface area (Å²) in [7, 11) is -1.92. The Bertz CT molecular complexity index is 1010. The molecule has 0 unspecified atom stereocenters. The third-order valence-electron chi connectivity index (χ3n) is 3.76. The largest absolute Gasteiger partial charge is 0.497 e. The highest BCUT2D eigenvalue weighted by molar-refractivity contribution is 7.91. The number of methoxy groups -OCH3 is 1. The van der Waals surface area contributed by atoms with Crippen molar-refractivity contribution < 1.29 is 17.9 Å². The predicted molar refractivity (Wildman–Crippen MR) is 100 cm³/mol. The van der Waals surface area contributed by atoms with Crippen molar-refractivity contribution in [1.29, 1.82) is 0 Å². The van der Waals surface area contributed by atoms with Crippen LogP contribution in [-0.2, 0) is 14.6 Å². The number of carbonyl (C=O) groups is 1.